The lowest BCUT2D eigenvalue weighted by Crippen LogP contribution is -2.27. The van der Waals surface area contributed by atoms with Gasteiger partial charge in [0.25, 0.3) is 0 Å². The third-order valence-corrected chi connectivity index (χ3v) is 14.9. The van der Waals surface area contributed by atoms with Crippen LogP contribution in [0.5, 0.6) is 0 Å². The maximum atomic E-state index is 14.8. The van der Waals surface area contributed by atoms with E-state index in [4.69, 9.17) is 9.47 Å². The maximum Gasteiger partial charge on any atom is 0.193 e. The normalized spacial score (nSPS) is 22.4. The van der Waals surface area contributed by atoms with E-state index in [0.29, 0.717) is 22.3 Å². The first kappa shape index (κ1) is 42.9. The molecule has 4 heterocycles. The van der Waals surface area contributed by atoms with Crippen LogP contribution in [0.15, 0.2) is 108 Å². The van der Waals surface area contributed by atoms with Crippen molar-refractivity contribution in [1.29, 1.82) is 0 Å². The fourth-order valence-corrected chi connectivity index (χ4v) is 11.5. The molecule has 0 fully saturated rings. The molecule has 4 bridgehead atoms. The zero-order valence-electron chi connectivity index (χ0n) is 37.6. The summed E-state index contributed by atoms with van der Waals surface area (Å²) in [4.78, 5) is 29.7. The molecule has 9 rings (SSSR count). The zero-order chi connectivity index (χ0) is 42.5. The molecule has 0 aromatic heterocycles. The van der Waals surface area contributed by atoms with E-state index in [-0.39, 0.29) is 11.6 Å². The summed E-state index contributed by atoms with van der Waals surface area (Å²) in [6.07, 6.45) is 31.2. The van der Waals surface area contributed by atoms with E-state index in [1.165, 1.54) is 127 Å². The SMILES string of the molecule is CCCCCCCCCCCCc1cc2c(cc1CCCCCCCCCCCC)C(=O)C1=C(C2=O)C2OC1c1cc3c(cc12)C1(c2ccccc2)C=CC3(c2ccccc2)O1. The molecule has 0 saturated carbocycles. The Kier molecular flexibility index (Phi) is 13.3. The molecule has 62 heavy (non-hydrogen) atoms. The molecule has 4 nitrogen and oxygen atoms in total. The molecule has 0 radical (unpaired) electrons. The molecule has 4 unspecified atom stereocenters. The number of aryl methyl sites for hydroxylation is 2. The second-order valence-electron chi connectivity index (χ2n) is 19.1. The number of ketones is 2. The second-order valence-corrected chi connectivity index (χ2v) is 19.1. The first-order chi connectivity index (χ1) is 30.5. The Balaban J connectivity index is 0.963. The lowest BCUT2D eigenvalue weighted by molar-refractivity contribution is -0.0238. The minimum atomic E-state index is -0.770. The Hall–Kier alpha value is -4.38. The number of rotatable bonds is 24. The van der Waals surface area contributed by atoms with Crippen molar-refractivity contribution in [3.63, 3.8) is 0 Å². The molecule has 0 spiro atoms. The van der Waals surface area contributed by atoms with Gasteiger partial charge in [0.2, 0.25) is 0 Å². The fraction of sp³-hybridized carbons (Fsp3) is 0.483. The molecular formula is C58H68O4. The molecule has 4 atom stereocenters. The van der Waals surface area contributed by atoms with Gasteiger partial charge in [0.1, 0.15) is 23.4 Å². The van der Waals surface area contributed by atoms with Crippen molar-refractivity contribution in [1.82, 2.24) is 0 Å². The van der Waals surface area contributed by atoms with Gasteiger partial charge in [0.05, 0.1) is 0 Å². The minimum Gasteiger partial charge on any atom is -0.356 e. The van der Waals surface area contributed by atoms with Crippen molar-refractivity contribution < 1.29 is 19.1 Å². The van der Waals surface area contributed by atoms with Crippen molar-refractivity contribution in [2.75, 3.05) is 0 Å². The van der Waals surface area contributed by atoms with Gasteiger partial charge in [-0.25, -0.2) is 0 Å². The average Bonchev–Trinajstić information content (AvgIpc) is 4.08. The van der Waals surface area contributed by atoms with E-state index in [1.54, 1.807) is 0 Å². The predicted molar refractivity (Wildman–Crippen MR) is 251 cm³/mol. The maximum absolute atomic E-state index is 14.8. The van der Waals surface area contributed by atoms with Gasteiger partial charge in [-0.2, -0.15) is 0 Å². The van der Waals surface area contributed by atoms with Gasteiger partial charge >= 0.3 is 0 Å². The Morgan fingerprint density at radius 3 is 1.18 bits per heavy atom. The number of carbonyl (C=O) groups is 2. The van der Waals surface area contributed by atoms with Crippen molar-refractivity contribution in [3.05, 3.63) is 164 Å². The number of unbranched alkanes of at least 4 members (excludes halogenated alkanes) is 18. The first-order valence-corrected chi connectivity index (χ1v) is 24.9. The van der Waals surface area contributed by atoms with Crippen LogP contribution >= 0.6 is 0 Å². The highest BCUT2D eigenvalue weighted by molar-refractivity contribution is 6.28. The van der Waals surface area contributed by atoms with Crippen molar-refractivity contribution in [2.24, 2.45) is 0 Å². The lowest BCUT2D eigenvalue weighted by atomic mass is 9.70. The molecule has 4 heteroatoms. The highest BCUT2D eigenvalue weighted by Crippen LogP contribution is 2.64. The van der Waals surface area contributed by atoms with E-state index in [1.807, 2.05) is 12.1 Å². The Labute approximate surface area is 371 Å². The highest BCUT2D eigenvalue weighted by Gasteiger charge is 2.60. The predicted octanol–water partition coefficient (Wildman–Crippen LogP) is 15.2. The third-order valence-electron chi connectivity index (χ3n) is 14.9. The summed E-state index contributed by atoms with van der Waals surface area (Å²) in [5, 5.41) is 0. The van der Waals surface area contributed by atoms with E-state index >= 15 is 0 Å². The number of Topliss-reactive ketones (excluding diaryl/α,β-unsaturated/α-hetero) is 2. The summed E-state index contributed by atoms with van der Waals surface area (Å²) in [6, 6.07) is 29.6. The number of fused-ring (bicyclic) bond motifs is 13. The summed E-state index contributed by atoms with van der Waals surface area (Å²) in [6.45, 7) is 4.56. The van der Waals surface area contributed by atoms with Crippen LogP contribution in [-0.4, -0.2) is 11.6 Å². The summed E-state index contributed by atoms with van der Waals surface area (Å²) in [7, 11) is 0. The highest BCUT2D eigenvalue weighted by atomic mass is 16.5. The third kappa shape index (κ3) is 7.93. The van der Waals surface area contributed by atoms with Crippen molar-refractivity contribution in [2.45, 2.75) is 179 Å². The summed E-state index contributed by atoms with van der Waals surface area (Å²) >= 11 is 0. The molecule has 0 saturated heterocycles. The summed E-state index contributed by atoms with van der Waals surface area (Å²) < 4.78 is 14.0. The lowest BCUT2D eigenvalue weighted by Gasteiger charge is -2.28. The second kappa shape index (κ2) is 19.2. The Bertz CT molecular complexity index is 2140. The molecule has 4 aromatic carbocycles. The quantitative estimate of drug-likeness (QED) is 0.0521. The van der Waals surface area contributed by atoms with E-state index in [9.17, 15) is 9.59 Å². The van der Waals surface area contributed by atoms with Crippen LogP contribution in [0.2, 0.25) is 0 Å². The van der Waals surface area contributed by atoms with E-state index < -0.39 is 23.4 Å². The molecule has 324 valence electrons. The van der Waals surface area contributed by atoms with Crippen molar-refractivity contribution >= 4 is 11.6 Å². The topological polar surface area (TPSA) is 52.6 Å². The smallest absolute Gasteiger partial charge is 0.193 e. The average molecular weight is 829 g/mol. The van der Waals surface area contributed by atoms with Gasteiger partial charge in [-0.3, -0.25) is 9.59 Å². The molecule has 5 aliphatic rings. The zero-order valence-corrected chi connectivity index (χ0v) is 37.6. The van der Waals surface area contributed by atoms with Gasteiger partial charge in [-0.1, -0.05) is 190 Å². The van der Waals surface area contributed by atoms with Gasteiger partial charge in [-0.05, 0) is 107 Å². The largest absolute Gasteiger partial charge is 0.356 e. The van der Waals surface area contributed by atoms with Crippen LogP contribution < -0.4 is 0 Å². The van der Waals surface area contributed by atoms with Crippen LogP contribution in [0.3, 0.4) is 0 Å². The standard InChI is InChI=1S/C58H68O4/c1-3-5-7-9-11-13-15-17-19-23-29-41-37-45-46(38-42(41)30-24-20-18-16-14-12-10-8-6-4-2)54(60)52-51(53(45)59)55-47-39-49-50(40-48(47)56(52)61-55)58(44-33-27-22-28-34-44)36-35-57(49,62-58)43-31-25-21-26-32-43/h21-22,25-28,31-40,55-56H,3-20,23-24,29-30H2,1-2H3. The van der Waals surface area contributed by atoms with Crippen LogP contribution in [0.4, 0.5) is 0 Å². The molecule has 1 aliphatic carbocycles. The number of carbonyl (C=O) groups excluding carboxylic acids is 2. The molecular weight excluding hydrogens is 761 g/mol. The number of benzene rings is 4. The van der Waals surface area contributed by atoms with E-state index in [0.717, 1.165) is 59.1 Å². The first-order valence-electron chi connectivity index (χ1n) is 24.9. The van der Waals surface area contributed by atoms with Gasteiger partial charge in [0.15, 0.2) is 11.6 Å². The van der Waals surface area contributed by atoms with E-state index in [2.05, 4.69) is 98.8 Å². The van der Waals surface area contributed by atoms with Crippen LogP contribution in [-0.2, 0) is 33.5 Å². The van der Waals surface area contributed by atoms with Gasteiger partial charge in [-0.15, -0.1) is 0 Å². The number of hydrogen-bond donors (Lipinski definition) is 0. The fourth-order valence-electron chi connectivity index (χ4n) is 11.5. The molecule has 4 aromatic rings. The Morgan fingerprint density at radius 2 is 0.806 bits per heavy atom. The van der Waals surface area contributed by atoms with Crippen LogP contribution in [0.25, 0.3) is 0 Å². The van der Waals surface area contributed by atoms with Crippen LogP contribution in [0, 0.1) is 0 Å². The van der Waals surface area contributed by atoms with Gasteiger partial charge < -0.3 is 9.47 Å². The van der Waals surface area contributed by atoms with Crippen LogP contribution in [0.1, 0.15) is 220 Å². The monoisotopic (exact) mass is 829 g/mol. The summed E-state index contributed by atoms with van der Waals surface area (Å²) in [5.74, 6) is -0.0569. The molecule has 0 amide bonds. The molecule has 0 N–H and O–H groups in total. The number of hydrogen-bond acceptors (Lipinski definition) is 4. The van der Waals surface area contributed by atoms with Crippen molar-refractivity contribution in [3.8, 4) is 0 Å². The number of ether oxygens (including phenoxy) is 2. The minimum absolute atomic E-state index is 0.0285. The van der Waals surface area contributed by atoms with Gasteiger partial charge in [0, 0.05) is 22.3 Å². The Morgan fingerprint density at radius 1 is 0.452 bits per heavy atom. The summed E-state index contributed by atoms with van der Waals surface area (Å²) in [5.41, 5.74) is 9.54. The molecule has 4 aliphatic heterocycles.